The van der Waals surface area contributed by atoms with Crippen LogP contribution in [0.25, 0.3) is 0 Å². The molecule has 1 aromatic heterocycles. The molecule has 0 fully saturated rings. The fourth-order valence-electron chi connectivity index (χ4n) is 2.50. The second kappa shape index (κ2) is 8.39. The number of amides is 1. The van der Waals surface area contributed by atoms with E-state index in [-0.39, 0.29) is 17.4 Å². The van der Waals surface area contributed by atoms with Gasteiger partial charge in [0.15, 0.2) is 11.5 Å². The standard InChI is InChI=1S/C17H17F2N3O5/c1-10(2)21(11-5-4-6-20-9-11)16(23)12-7-14(26-3)15(27-17(18)19)8-13(12)22(24)25/h4-10,17H,1-3H3. The van der Waals surface area contributed by atoms with Crippen molar-refractivity contribution in [2.45, 2.75) is 26.5 Å². The van der Waals surface area contributed by atoms with E-state index in [1.165, 1.54) is 24.4 Å². The van der Waals surface area contributed by atoms with Crippen molar-refractivity contribution in [1.29, 1.82) is 0 Å². The zero-order valence-electron chi connectivity index (χ0n) is 14.8. The molecule has 144 valence electrons. The van der Waals surface area contributed by atoms with Gasteiger partial charge in [0.1, 0.15) is 5.56 Å². The number of hydrogen-bond acceptors (Lipinski definition) is 6. The first kappa shape index (κ1) is 20.0. The summed E-state index contributed by atoms with van der Waals surface area (Å²) in [6.07, 6.45) is 2.96. The van der Waals surface area contributed by atoms with Crippen molar-refractivity contribution in [3.05, 3.63) is 52.3 Å². The van der Waals surface area contributed by atoms with Gasteiger partial charge in [-0.1, -0.05) is 0 Å². The molecule has 1 amide bonds. The number of hydrogen-bond donors (Lipinski definition) is 0. The van der Waals surface area contributed by atoms with E-state index in [9.17, 15) is 23.7 Å². The quantitative estimate of drug-likeness (QED) is 0.537. The van der Waals surface area contributed by atoms with Crippen LogP contribution >= 0.6 is 0 Å². The Bertz CT molecular complexity index is 831. The Hall–Kier alpha value is -3.30. The van der Waals surface area contributed by atoms with Gasteiger partial charge < -0.3 is 14.4 Å². The van der Waals surface area contributed by atoms with E-state index < -0.39 is 28.9 Å². The minimum absolute atomic E-state index is 0.223. The zero-order valence-corrected chi connectivity index (χ0v) is 14.8. The third kappa shape index (κ3) is 4.46. The molecule has 0 aliphatic carbocycles. The summed E-state index contributed by atoms with van der Waals surface area (Å²) in [5, 5.41) is 11.4. The van der Waals surface area contributed by atoms with Crippen molar-refractivity contribution >= 4 is 17.3 Å². The van der Waals surface area contributed by atoms with E-state index in [1.54, 1.807) is 26.0 Å². The number of carbonyl (C=O) groups excluding carboxylic acids is 1. The number of halogens is 2. The highest BCUT2D eigenvalue weighted by molar-refractivity contribution is 6.09. The smallest absolute Gasteiger partial charge is 0.387 e. The lowest BCUT2D eigenvalue weighted by Crippen LogP contribution is -2.37. The van der Waals surface area contributed by atoms with Gasteiger partial charge in [0.2, 0.25) is 0 Å². The first-order valence-electron chi connectivity index (χ1n) is 7.81. The summed E-state index contributed by atoms with van der Waals surface area (Å²) < 4.78 is 34.3. The number of methoxy groups -OCH3 is 1. The van der Waals surface area contributed by atoms with Gasteiger partial charge in [-0.2, -0.15) is 8.78 Å². The van der Waals surface area contributed by atoms with Gasteiger partial charge in [-0.3, -0.25) is 19.9 Å². The van der Waals surface area contributed by atoms with Crippen LogP contribution < -0.4 is 14.4 Å². The van der Waals surface area contributed by atoms with E-state index >= 15 is 0 Å². The van der Waals surface area contributed by atoms with Crippen molar-refractivity contribution in [3.8, 4) is 11.5 Å². The molecule has 2 rings (SSSR count). The Kier molecular flexibility index (Phi) is 6.22. The van der Waals surface area contributed by atoms with Crippen LogP contribution in [0, 0.1) is 10.1 Å². The molecular weight excluding hydrogens is 364 g/mol. The molecule has 8 nitrogen and oxygen atoms in total. The third-order valence-electron chi connectivity index (χ3n) is 3.58. The fraction of sp³-hybridized carbons (Fsp3) is 0.294. The van der Waals surface area contributed by atoms with Gasteiger partial charge in [-0.25, -0.2) is 0 Å². The number of nitrogens with zero attached hydrogens (tertiary/aromatic N) is 3. The van der Waals surface area contributed by atoms with Crippen LogP contribution in [0.2, 0.25) is 0 Å². The van der Waals surface area contributed by atoms with Gasteiger partial charge in [0.25, 0.3) is 11.6 Å². The van der Waals surface area contributed by atoms with Crippen molar-refractivity contribution in [2.24, 2.45) is 0 Å². The molecule has 0 aliphatic heterocycles. The summed E-state index contributed by atoms with van der Waals surface area (Å²) in [6.45, 7) is 0.243. The van der Waals surface area contributed by atoms with Gasteiger partial charge in [0, 0.05) is 18.3 Å². The lowest BCUT2D eigenvalue weighted by atomic mass is 10.1. The molecule has 0 atom stereocenters. The molecule has 0 aliphatic rings. The lowest BCUT2D eigenvalue weighted by Gasteiger charge is -2.26. The van der Waals surface area contributed by atoms with Crippen molar-refractivity contribution < 1.29 is 28.0 Å². The second-order valence-electron chi connectivity index (χ2n) is 5.64. The average molecular weight is 381 g/mol. The van der Waals surface area contributed by atoms with E-state index in [0.29, 0.717) is 5.69 Å². The number of pyridine rings is 1. The van der Waals surface area contributed by atoms with E-state index in [1.807, 2.05) is 0 Å². The number of nitro benzene ring substituents is 1. The van der Waals surface area contributed by atoms with Crippen molar-refractivity contribution in [3.63, 3.8) is 0 Å². The predicted octanol–water partition coefficient (Wildman–Crippen LogP) is 3.66. The van der Waals surface area contributed by atoms with Gasteiger partial charge in [-0.05, 0) is 26.0 Å². The van der Waals surface area contributed by atoms with Crippen LogP contribution in [-0.4, -0.2) is 35.6 Å². The van der Waals surface area contributed by atoms with Crippen LogP contribution in [-0.2, 0) is 0 Å². The maximum atomic E-state index is 13.1. The fourth-order valence-corrected chi connectivity index (χ4v) is 2.50. The number of rotatable bonds is 7. The van der Waals surface area contributed by atoms with Gasteiger partial charge in [-0.15, -0.1) is 0 Å². The van der Waals surface area contributed by atoms with Crippen LogP contribution in [0.3, 0.4) is 0 Å². The van der Waals surface area contributed by atoms with Crippen LogP contribution in [0.4, 0.5) is 20.2 Å². The molecule has 10 heteroatoms. The SMILES string of the molecule is COc1cc(C(=O)N(c2cccnc2)C(C)C)c([N+](=O)[O-])cc1OC(F)F. The molecule has 0 spiro atoms. The Labute approximate surface area is 153 Å². The summed E-state index contributed by atoms with van der Waals surface area (Å²) in [7, 11) is 1.18. The number of ether oxygens (including phenoxy) is 2. The van der Waals surface area contributed by atoms with Gasteiger partial charge >= 0.3 is 6.61 Å². The molecular formula is C17H17F2N3O5. The van der Waals surface area contributed by atoms with Crippen molar-refractivity contribution in [1.82, 2.24) is 4.98 Å². The summed E-state index contributed by atoms with van der Waals surface area (Å²) >= 11 is 0. The third-order valence-corrected chi connectivity index (χ3v) is 3.58. The monoisotopic (exact) mass is 381 g/mol. The van der Waals surface area contributed by atoms with Crippen LogP contribution in [0.5, 0.6) is 11.5 Å². The molecule has 0 bridgehead atoms. The summed E-state index contributed by atoms with van der Waals surface area (Å²) in [6, 6.07) is 4.66. The summed E-state index contributed by atoms with van der Waals surface area (Å²) in [5.74, 6) is -1.46. The maximum Gasteiger partial charge on any atom is 0.387 e. The van der Waals surface area contributed by atoms with Crippen molar-refractivity contribution in [2.75, 3.05) is 12.0 Å². The molecule has 0 N–H and O–H groups in total. The Morgan fingerprint density at radius 1 is 1.30 bits per heavy atom. The van der Waals surface area contributed by atoms with Crippen LogP contribution in [0.1, 0.15) is 24.2 Å². The van der Waals surface area contributed by atoms with Gasteiger partial charge in [0.05, 0.1) is 30.0 Å². The zero-order chi connectivity index (χ0) is 20.1. The number of carbonyl (C=O) groups is 1. The molecule has 0 unspecified atom stereocenters. The molecule has 0 radical (unpaired) electrons. The number of alkyl halides is 2. The Morgan fingerprint density at radius 3 is 2.48 bits per heavy atom. The first-order valence-corrected chi connectivity index (χ1v) is 7.81. The minimum atomic E-state index is -3.21. The lowest BCUT2D eigenvalue weighted by molar-refractivity contribution is -0.385. The van der Waals surface area contributed by atoms with E-state index in [2.05, 4.69) is 9.72 Å². The first-order chi connectivity index (χ1) is 12.8. The largest absolute Gasteiger partial charge is 0.493 e. The maximum absolute atomic E-state index is 13.1. The Balaban J connectivity index is 2.60. The molecule has 27 heavy (non-hydrogen) atoms. The number of aromatic nitrogens is 1. The normalized spacial score (nSPS) is 10.8. The summed E-state index contributed by atoms with van der Waals surface area (Å²) in [5.41, 5.74) is -0.569. The number of anilines is 1. The molecule has 2 aromatic rings. The summed E-state index contributed by atoms with van der Waals surface area (Å²) in [4.78, 5) is 28.9. The van der Waals surface area contributed by atoms with E-state index in [4.69, 9.17) is 4.74 Å². The topological polar surface area (TPSA) is 94.8 Å². The highest BCUT2D eigenvalue weighted by Gasteiger charge is 2.30. The van der Waals surface area contributed by atoms with E-state index in [0.717, 1.165) is 12.1 Å². The minimum Gasteiger partial charge on any atom is -0.493 e. The molecule has 1 heterocycles. The molecule has 0 saturated carbocycles. The average Bonchev–Trinajstić information content (AvgIpc) is 2.61. The molecule has 0 saturated heterocycles. The number of benzene rings is 1. The highest BCUT2D eigenvalue weighted by atomic mass is 19.3. The highest BCUT2D eigenvalue weighted by Crippen LogP contribution is 2.37. The van der Waals surface area contributed by atoms with Crippen LogP contribution in [0.15, 0.2) is 36.7 Å². The number of nitro groups is 1. The second-order valence-corrected chi connectivity index (χ2v) is 5.64. The Morgan fingerprint density at radius 2 is 2.00 bits per heavy atom. The molecule has 1 aromatic carbocycles. The predicted molar refractivity (Wildman–Crippen MR) is 92.5 cm³/mol.